The van der Waals surface area contributed by atoms with E-state index in [9.17, 15) is 4.79 Å². The molecule has 2 aromatic rings. The molecule has 1 aromatic heterocycles. The normalized spacial score (nSPS) is 14.6. The topological polar surface area (TPSA) is 54.5 Å². The van der Waals surface area contributed by atoms with Crippen molar-refractivity contribution in [1.82, 2.24) is 9.88 Å². The Morgan fingerprint density at radius 3 is 2.83 bits per heavy atom. The quantitative estimate of drug-likeness (QED) is 0.938. The number of nitrogens with zero attached hydrogens (tertiary/aromatic N) is 2. The molecule has 23 heavy (non-hydrogen) atoms. The lowest BCUT2D eigenvalue weighted by atomic mass is 10.2. The second-order valence-corrected chi connectivity index (χ2v) is 5.86. The number of pyridine rings is 1. The Labute approximate surface area is 140 Å². The third-order valence-corrected chi connectivity index (χ3v) is 3.99. The van der Waals surface area contributed by atoms with Crippen molar-refractivity contribution < 1.29 is 9.53 Å². The molecule has 1 N–H and O–H groups in total. The Morgan fingerprint density at radius 2 is 2.04 bits per heavy atom. The zero-order valence-electron chi connectivity index (χ0n) is 12.9. The number of carbonyl (C=O) groups is 1. The van der Waals surface area contributed by atoms with Crippen LogP contribution in [-0.2, 0) is 4.74 Å². The molecule has 6 heteroatoms. The third-order valence-electron chi connectivity index (χ3n) is 3.76. The van der Waals surface area contributed by atoms with Crippen LogP contribution >= 0.6 is 11.6 Å². The van der Waals surface area contributed by atoms with Crippen LogP contribution in [0.15, 0.2) is 36.5 Å². The maximum Gasteiger partial charge on any atom is 0.272 e. The average molecular weight is 332 g/mol. The number of amides is 1. The molecule has 0 saturated carbocycles. The summed E-state index contributed by atoms with van der Waals surface area (Å²) in [6, 6.07) is 9.25. The number of morpholine rings is 1. The van der Waals surface area contributed by atoms with Gasteiger partial charge in [0.25, 0.3) is 5.91 Å². The Morgan fingerprint density at radius 1 is 1.26 bits per heavy atom. The van der Waals surface area contributed by atoms with Gasteiger partial charge in [-0.3, -0.25) is 9.78 Å². The van der Waals surface area contributed by atoms with Crippen LogP contribution in [0.3, 0.4) is 0 Å². The Kier molecular flexibility index (Phi) is 4.79. The van der Waals surface area contributed by atoms with Crippen molar-refractivity contribution in [3.05, 3.63) is 52.8 Å². The van der Waals surface area contributed by atoms with E-state index in [0.717, 1.165) is 16.9 Å². The van der Waals surface area contributed by atoms with Crippen molar-refractivity contribution >= 4 is 28.9 Å². The van der Waals surface area contributed by atoms with Gasteiger partial charge in [0, 0.05) is 35.7 Å². The van der Waals surface area contributed by atoms with Gasteiger partial charge < -0.3 is 15.0 Å². The van der Waals surface area contributed by atoms with E-state index in [1.165, 1.54) is 0 Å². The first-order chi connectivity index (χ1) is 11.1. The number of halogens is 1. The van der Waals surface area contributed by atoms with Crippen LogP contribution in [0.5, 0.6) is 0 Å². The van der Waals surface area contributed by atoms with Gasteiger partial charge in [0.15, 0.2) is 0 Å². The second kappa shape index (κ2) is 6.98. The maximum absolute atomic E-state index is 12.5. The molecular formula is C17H18ClN3O2. The second-order valence-electron chi connectivity index (χ2n) is 5.42. The molecule has 1 saturated heterocycles. The van der Waals surface area contributed by atoms with Gasteiger partial charge in [-0.25, -0.2) is 0 Å². The molecule has 3 rings (SSSR count). The van der Waals surface area contributed by atoms with Crippen LogP contribution in [0.4, 0.5) is 11.4 Å². The number of hydrogen-bond donors (Lipinski definition) is 1. The Hall–Kier alpha value is -2.11. The molecule has 0 unspecified atom stereocenters. The van der Waals surface area contributed by atoms with Crippen LogP contribution in [0.1, 0.15) is 16.1 Å². The summed E-state index contributed by atoms with van der Waals surface area (Å²) in [5.74, 6) is -0.0697. The number of benzene rings is 1. The van der Waals surface area contributed by atoms with E-state index >= 15 is 0 Å². The number of ether oxygens (including phenoxy) is 1. The highest BCUT2D eigenvalue weighted by atomic mass is 35.5. The first kappa shape index (κ1) is 15.8. The summed E-state index contributed by atoms with van der Waals surface area (Å²) in [7, 11) is 0. The monoisotopic (exact) mass is 331 g/mol. The molecule has 1 fully saturated rings. The highest BCUT2D eigenvalue weighted by Gasteiger charge is 2.19. The van der Waals surface area contributed by atoms with Gasteiger partial charge in [-0.2, -0.15) is 0 Å². The molecule has 120 valence electrons. The van der Waals surface area contributed by atoms with Crippen LogP contribution in [-0.4, -0.2) is 42.1 Å². The molecule has 1 aliphatic heterocycles. The summed E-state index contributed by atoms with van der Waals surface area (Å²) in [6.07, 6.45) is 1.63. The smallest absolute Gasteiger partial charge is 0.272 e. The van der Waals surface area contributed by atoms with Crippen molar-refractivity contribution in [1.29, 1.82) is 0 Å². The van der Waals surface area contributed by atoms with Gasteiger partial charge in [-0.15, -0.1) is 0 Å². The fourth-order valence-corrected chi connectivity index (χ4v) is 2.61. The fraction of sp³-hybridized carbons (Fsp3) is 0.294. The molecule has 1 amide bonds. The summed E-state index contributed by atoms with van der Waals surface area (Å²) in [5, 5.41) is 3.96. The molecule has 0 radical (unpaired) electrons. The summed E-state index contributed by atoms with van der Waals surface area (Å²) in [4.78, 5) is 18.4. The highest BCUT2D eigenvalue weighted by Crippen LogP contribution is 2.24. The molecule has 5 nitrogen and oxygen atoms in total. The first-order valence-electron chi connectivity index (χ1n) is 7.50. The van der Waals surface area contributed by atoms with E-state index in [-0.39, 0.29) is 5.91 Å². The zero-order chi connectivity index (χ0) is 16.2. The van der Waals surface area contributed by atoms with Crippen molar-refractivity contribution in [3.63, 3.8) is 0 Å². The van der Waals surface area contributed by atoms with E-state index in [0.29, 0.717) is 37.0 Å². The lowest BCUT2D eigenvalue weighted by Crippen LogP contribution is -2.41. The molecule has 0 bridgehead atoms. The van der Waals surface area contributed by atoms with Crippen molar-refractivity contribution in [2.24, 2.45) is 0 Å². The predicted octanol–water partition coefficient (Wildman–Crippen LogP) is 3.26. The van der Waals surface area contributed by atoms with E-state index in [1.807, 2.05) is 31.2 Å². The van der Waals surface area contributed by atoms with Crippen LogP contribution < -0.4 is 5.32 Å². The Balaban J connectivity index is 1.79. The minimum Gasteiger partial charge on any atom is -0.378 e. The van der Waals surface area contributed by atoms with Gasteiger partial charge in [0.2, 0.25) is 0 Å². The summed E-state index contributed by atoms with van der Waals surface area (Å²) in [5.41, 5.74) is 3.22. The number of anilines is 2. The number of nitrogens with one attached hydrogen (secondary N) is 1. The van der Waals surface area contributed by atoms with E-state index in [1.54, 1.807) is 17.2 Å². The highest BCUT2D eigenvalue weighted by molar-refractivity contribution is 6.30. The lowest BCUT2D eigenvalue weighted by Gasteiger charge is -2.26. The SMILES string of the molecule is Cc1ccc(Cl)cc1Nc1ccnc(C(=O)N2CCOCC2)c1. The van der Waals surface area contributed by atoms with Gasteiger partial charge >= 0.3 is 0 Å². The number of aromatic nitrogens is 1. The number of hydrogen-bond acceptors (Lipinski definition) is 4. The van der Waals surface area contributed by atoms with Crippen LogP contribution in [0.25, 0.3) is 0 Å². The number of carbonyl (C=O) groups excluding carboxylic acids is 1. The van der Waals surface area contributed by atoms with Crippen molar-refractivity contribution in [2.45, 2.75) is 6.92 Å². The lowest BCUT2D eigenvalue weighted by molar-refractivity contribution is 0.0299. The fourth-order valence-electron chi connectivity index (χ4n) is 2.44. The molecule has 0 spiro atoms. The van der Waals surface area contributed by atoms with E-state index in [2.05, 4.69) is 10.3 Å². The first-order valence-corrected chi connectivity index (χ1v) is 7.87. The van der Waals surface area contributed by atoms with Crippen LogP contribution in [0.2, 0.25) is 5.02 Å². The minimum absolute atomic E-state index is 0.0697. The van der Waals surface area contributed by atoms with E-state index in [4.69, 9.17) is 16.3 Å². The molecule has 2 heterocycles. The third kappa shape index (κ3) is 3.81. The minimum atomic E-state index is -0.0697. The van der Waals surface area contributed by atoms with Gasteiger partial charge in [-0.05, 0) is 36.8 Å². The predicted molar refractivity (Wildman–Crippen MR) is 90.4 cm³/mol. The van der Waals surface area contributed by atoms with Gasteiger partial charge in [0.1, 0.15) is 5.69 Å². The zero-order valence-corrected chi connectivity index (χ0v) is 13.6. The van der Waals surface area contributed by atoms with Crippen molar-refractivity contribution in [2.75, 3.05) is 31.6 Å². The summed E-state index contributed by atoms with van der Waals surface area (Å²) >= 11 is 6.04. The summed E-state index contributed by atoms with van der Waals surface area (Å²) in [6.45, 7) is 4.35. The largest absolute Gasteiger partial charge is 0.378 e. The maximum atomic E-state index is 12.5. The molecule has 1 aromatic carbocycles. The average Bonchev–Trinajstić information content (AvgIpc) is 2.58. The van der Waals surface area contributed by atoms with E-state index < -0.39 is 0 Å². The Bertz CT molecular complexity index is 715. The van der Waals surface area contributed by atoms with Crippen LogP contribution in [0, 0.1) is 6.92 Å². The molecule has 0 atom stereocenters. The number of aryl methyl sites for hydroxylation is 1. The number of rotatable bonds is 3. The molecular weight excluding hydrogens is 314 g/mol. The molecule has 1 aliphatic rings. The summed E-state index contributed by atoms with van der Waals surface area (Å²) < 4.78 is 5.27. The van der Waals surface area contributed by atoms with Crippen molar-refractivity contribution in [3.8, 4) is 0 Å². The van der Waals surface area contributed by atoms with Gasteiger partial charge in [-0.1, -0.05) is 17.7 Å². The standard InChI is InChI=1S/C17H18ClN3O2/c1-12-2-3-13(18)10-15(12)20-14-4-5-19-16(11-14)17(22)21-6-8-23-9-7-21/h2-5,10-11H,6-9H2,1H3,(H,19,20). The van der Waals surface area contributed by atoms with Gasteiger partial charge in [0.05, 0.1) is 13.2 Å². The molecule has 0 aliphatic carbocycles.